The Balaban J connectivity index is 2.42. The maximum absolute atomic E-state index is 12.5. The molecule has 1 aromatic carbocycles. The van der Waals surface area contributed by atoms with Gasteiger partial charge in [0.25, 0.3) is 0 Å². The molecule has 0 fully saturated rings. The molecule has 0 aliphatic rings. The molecule has 114 valence electrons. The molecule has 0 radical (unpaired) electrons. The fraction of sp³-hybridized carbons (Fsp3) is 0.250. The molecular formula is C12H13Cl2N3O2S2. The molecule has 21 heavy (non-hydrogen) atoms. The molecule has 0 unspecified atom stereocenters. The van der Waals surface area contributed by atoms with Crippen LogP contribution < -0.4 is 10.5 Å². The lowest BCUT2D eigenvalue weighted by Crippen LogP contribution is -2.40. The van der Waals surface area contributed by atoms with Gasteiger partial charge in [0.15, 0.2) is 0 Å². The Morgan fingerprint density at radius 1 is 1.33 bits per heavy atom. The molecule has 5 nitrogen and oxygen atoms in total. The molecule has 0 aliphatic carbocycles. The van der Waals surface area contributed by atoms with Crippen molar-refractivity contribution in [1.29, 1.82) is 0 Å². The maximum Gasteiger partial charge on any atom is 0.243 e. The van der Waals surface area contributed by atoms with Gasteiger partial charge in [0.05, 0.1) is 21.3 Å². The standard InChI is InChI=1S/C12H13Cl2N3O2S2/c1-12(2,11-16-5-6-20-11)17-21(18,19)8-4-3-7(13)10(15)9(8)14/h3-6,17H,15H2,1-2H3. The second-order valence-corrected chi connectivity index (χ2v) is 8.17. The van der Waals surface area contributed by atoms with Crippen LogP contribution in [0.4, 0.5) is 5.69 Å². The minimum Gasteiger partial charge on any atom is -0.396 e. The molecule has 0 saturated carbocycles. The largest absolute Gasteiger partial charge is 0.396 e. The van der Waals surface area contributed by atoms with Gasteiger partial charge in [0, 0.05) is 11.6 Å². The molecule has 0 aliphatic heterocycles. The third-order valence-corrected chi connectivity index (χ3v) is 6.38. The van der Waals surface area contributed by atoms with Gasteiger partial charge in [-0.1, -0.05) is 23.2 Å². The highest BCUT2D eigenvalue weighted by Crippen LogP contribution is 2.34. The first-order valence-electron chi connectivity index (χ1n) is 5.82. The van der Waals surface area contributed by atoms with Gasteiger partial charge >= 0.3 is 0 Å². The van der Waals surface area contributed by atoms with E-state index in [2.05, 4.69) is 9.71 Å². The quantitative estimate of drug-likeness (QED) is 0.814. The van der Waals surface area contributed by atoms with Crippen LogP contribution in [0.5, 0.6) is 0 Å². The van der Waals surface area contributed by atoms with E-state index in [0.29, 0.717) is 5.01 Å². The summed E-state index contributed by atoms with van der Waals surface area (Å²) in [4.78, 5) is 4.02. The summed E-state index contributed by atoms with van der Waals surface area (Å²) in [5.74, 6) is 0. The molecule has 0 bridgehead atoms. The van der Waals surface area contributed by atoms with Gasteiger partial charge in [-0.15, -0.1) is 11.3 Å². The average Bonchev–Trinajstić information content (AvgIpc) is 2.89. The van der Waals surface area contributed by atoms with E-state index in [9.17, 15) is 8.42 Å². The van der Waals surface area contributed by atoms with Gasteiger partial charge in [0.1, 0.15) is 9.90 Å². The summed E-state index contributed by atoms with van der Waals surface area (Å²) in [5, 5.41) is 2.53. The number of nitrogen functional groups attached to an aromatic ring is 1. The zero-order valence-electron chi connectivity index (χ0n) is 11.2. The monoisotopic (exact) mass is 365 g/mol. The Labute approximate surface area is 137 Å². The van der Waals surface area contributed by atoms with Crippen molar-refractivity contribution in [3.8, 4) is 0 Å². The number of benzene rings is 1. The number of halogens is 2. The van der Waals surface area contributed by atoms with Crippen LogP contribution in [-0.4, -0.2) is 13.4 Å². The lowest BCUT2D eigenvalue weighted by Gasteiger charge is -2.24. The fourth-order valence-corrected chi connectivity index (χ4v) is 4.65. The minimum atomic E-state index is -3.87. The van der Waals surface area contributed by atoms with Crippen LogP contribution in [0.25, 0.3) is 0 Å². The number of nitrogens with one attached hydrogen (secondary N) is 1. The van der Waals surface area contributed by atoms with Gasteiger partial charge in [-0.2, -0.15) is 4.72 Å². The summed E-state index contributed by atoms with van der Waals surface area (Å²) < 4.78 is 27.6. The minimum absolute atomic E-state index is 0.0354. The van der Waals surface area contributed by atoms with Crippen molar-refractivity contribution in [2.45, 2.75) is 24.3 Å². The second-order valence-electron chi connectivity index (χ2n) is 4.84. The van der Waals surface area contributed by atoms with E-state index in [1.165, 1.54) is 23.5 Å². The molecule has 0 saturated heterocycles. The van der Waals surface area contributed by atoms with Crippen LogP contribution in [0.15, 0.2) is 28.6 Å². The van der Waals surface area contributed by atoms with E-state index in [-0.39, 0.29) is 20.6 Å². The smallest absolute Gasteiger partial charge is 0.243 e. The number of anilines is 1. The number of aromatic nitrogens is 1. The number of thiazole rings is 1. The van der Waals surface area contributed by atoms with Crippen molar-refractivity contribution in [2.75, 3.05) is 5.73 Å². The Morgan fingerprint density at radius 2 is 2.00 bits per heavy atom. The Morgan fingerprint density at radius 3 is 2.57 bits per heavy atom. The number of nitrogens with zero attached hydrogens (tertiary/aromatic N) is 1. The molecule has 9 heteroatoms. The first-order valence-corrected chi connectivity index (χ1v) is 8.94. The molecule has 1 aromatic heterocycles. The number of rotatable bonds is 4. The molecule has 1 heterocycles. The predicted molar refractivity (Wildman–Crippen MR) is 86.3 cm³/mol. The maximum atomic E-state index is 12.5. The zero-order chi connectivity index (χ0) is 15.8. The van der Waals surface area contributed by atoms with Crippen LogP contribution in [0.3, 0.4) is 0 Å². The third kappa shape index (κ3) is 3.32. The first kappa shape index (κ1) is 16.5. The van der Waals surface area contributed by atoms with Gasteiger partial charge in [0.2, 0.25) is 10.0 Å². The zero-order valence-corrected chi connectivity index (χ0v) is 14.4. The van der Waals surface area contributed by atoms with Crippen molar-refractivity contribution in [2.24, 2.45) is 0 Å². The first-order chi connectivity index (χ1) is 9.65. The van der Waals surface area contributed by atoms with E-state index in [1.807, 2.05) is 0 Å². The van der Waals surface area contributed by atoms with Crippen LogP contribution in [0, 0.1) is 0 Å². The van der Waals surface area contributed by atoms with Crippen LogP contribution in [0.1, 0.15) is 18.9 Å². The molecule has 0 atom stereocenters. The van der Waals surface area contributed by atoms with Crippen molar-refractivity contribution >= 4 is 50.2 Å². The van der Waals surface area contributed by atoms with E-state index in [0.717, 1.165) is 0 Å². The van der Waals surface area contributed by atoms with Crippen molar-refractivity contribution in [3.05, 3.63) is 38.8 Å². The summed E-state index contributed by atoms with van der Waals surface area (Å²) in [6, 6.07) is 2.72. The van der Waals surface area contributed by atoms with E-state index in [4.69, 9.17) is 28.9 Å². The van der Waals surface area contributed by atoms with Crippen LogP contribution >= 0.6 is 34.5 Å². The molecular weight excluding hydrogens is 353 g/mol. The topological polar surface area (TPSA) is 85.1 Å². The van der Waals surface area contributed by atoms with Crippen molar-refractivity contribution in [1.82, 2.24) is 9.71 Å². The number of sulfonamides is 1. The Bertz CT molecular complexity index is 759. The van der Waals surface area contributed by atoms with Crippen LogP contribution in [0.2, 0.25) is 10.0 Å². The number of hydrogen-bond acceptors (Lipinski definition) is 5. The van der Waals surface area contributed by atoms with Crippen molar-refractivity contribution < 1.29 is 8.42 Å². The van der Waals surface area contributed by atoms with Gasteiger partial charge in [-0.25, -0.2) is 13.4 Å². The fourth-order valence-electron chi connectivity index (χ4n) is 1.72. The van der Waals surface area contributed by atoms with Crippen LogP contribution in [-0.2, 0) is 15.6 Å². The summed E-state index contributed by atoms with van der Waals surface area (Å²) in [5.41, 5.74) is 4.84. The summed E-state index contributed by atoms with van der Waals surface area (Å²) in [6.45, 7) is 3.44. The average molecular weight is 366 g/mol. The van der Waals surface area contributed by atoms with Crippen molar-refractivity contribution in [3.63, 3.8) is 0 Å². The highest BCUT2D eigenvalue weighted by Gasteiger charge is 2.31. The highest BCUT2D eigenvalue weighted by atomic mass is 35.5. The normalized spacial score (nSPS) is 12.6. The van der Waals surface area contributed by atoms with E-state index in [1.54, 1.807) is 25.4 Å². The SMILES string of the molecule is CC(C)(NS(=O)(=O)c1ccc(Cl)c(N)c1Cl)c1nccs1. The lowest BCUT2D eigenvalue weighted by atomic mass is 10.1. The van der Waals surface area contributed by atoms with Gasteiger partial charge in [-0.05, 0) is 26.0 Å². The molecule has 0 amide bonds. The predicted octanol–water partition coefficient (Wildman–Crippen LogP) is 3.25. The molecule has 2 rings (SSSR count). The highest BCUT2D eigenvalue weighted by molar-refractivity contribution is 7.89. The summed E-state index contributed by atoms with van der Waals surface area (Å²) >= 11 is 13.2. The number of hydrogen-bond donors (Lipinski definition) is 2. The third-order valence-electron chi connectivity index (χ3n) is 2.74. The second kappa shape index (κ2) is 5.73. The van der Waals surface area contributed by atoms with Gasteiger partial charge in [-0.3, -0.25) is 0 Å². The molecule has 3 N–H and O–H groups in total. The van der Waals surface area contributed by atoms with Gasteiger partial charge < -0.3 is 5.73 Å². The summed E-state index contributed by atoms with van der Waals surface area (Å²) in [7, 11) is -3.87. The molecule has 0 spiro atoms. The Kier molecular flexibility index (Phi) is 4.51. The summed E-state index contributed by atoms with van der Waals surface area (Å²) in [6.07, 6.45) is 1.61. The lowest BCUT2D eigenvalue weighted by molar-refractivity contribution is 0.470. The number of nitrogens with two attached hydrogens (primary N) is 1. The van der Waals surface area contributed by atoms with E-state index < -0.39 is 15.6 Å². The van der Waals surface area contributed by atoms with E-state index >= 15 is 0 Å². The Hall–Kier alpha value is -0.860. The molecule has 2 aromatic rings.